The number of ether oxygens (including phenoxy) is 2. The van der Waals surface area contributed by atoms with E-state index in [1.165, 1.54) is 24.3 Å². The highest BCUT2D eigenvalue weighted by atomic mass is 35.5. The molecule has 0 fully saturated rings. The minimum atomic E-state index is -1.48. The zero-order chi connectivity index (χ0) is 18.3. The minimum absolute atomic E-state index is 0.152. The Hall–Kier alpha value is -2.08. The molecule has 1 aromatic rings. The van der Waals surface area contributed by atoms with Crippen molar-refractivity contribution in [2.45, 2.75) is 45.8 Å². The van der Waals surface area contributed by atoms with E-state index in [2.05, 4.69) is 5.32 Å². The summed E-state index contributed by atoms with van der Waals surface area (Å²) in [7, 11) is 0. The Labute approximate surface area is 146 Å². The first kappa shape index (κ1) is 20.0. The van der Waals surface area contributed by atoms with Gasteiger partial charge < -0.3 is 14.8 Å². The number of hydrogen-bond donors (Lipinski definition) is 1. The number of carbonyl (C=O) groups excluding carboxylic acids is 3. The molecule has 0 saturated heterocycles. The van der Waals surface area contributed by atoms with Crippen LogP contribution in [0.4, 0.5) is 4.79 Å². The van der Waals surface area contributed by atoms with Crippen LogP contribution in [0.2, 0.25) is 5.02 Å². The molecule has 1 amide bonds. The van der Waals surface area contributed by atoms with Gasteiger partial charge >= 0.3 is 12.1 Å². The third-order valence-corrected chi connectivity index (χ3v) is 2.99. The quantitative estimate of drug-likeness (QED) is 0.480. The van der Waals surface area contributed by atoms with E-state index in [1.807, 2.05) is 6.92 Å². The molecule has 6 nitrogen and oxygen atoms in total. The van der Waals surface area contributed by atoms with Gasteiger partial charge in [-0.05, 0) is 51.5 Å². The van der Waals surface area contributed by atoms with Gasteiger partial charge in [0.15, 0.2) is 11.8 Å². The molecule has 0 heterocycles. The summed E-state index contributed by atoms with van der Waals surface area (Å²) in [5, 5.41) is 2.73. The zero-order valence-corrected chi connectivity index (χ0v) is 15.0. The van der Waals surface area contributed by atoms with Gasteiger partial charge in [-0.15, -0.1) is 0 Å². The molecule has 0 spiro atoms. The number of esters is 1. The number of benzene rings is 1. The van der Waals surface area contributed by atoms with E-state index in [4.69, 9.17) is 21.1 Å². The number of halogens is 1. The maximum absolute atomic E-state index is 12.5. The van der Waals surface area contributed by atoms with E-state index >= 15 is 0 Å². The molecule has 0 radical (unpaired) electrons. The van der Waals surface area contributed by atoms with Crippen molar-refractivity contribution < 1.29 is 23.9 Å². The molecule has 0 aliphatic rings. The Kier molecular flexibility index (Phi) is 7.22. The standard InChI is InChI=1S/C17H22ClNO5/c1-5-10-23-15(21)13(19-16(22)24-17(2,3)4)14(20)11-6-8-12(18)9-7-11/h6-9,13H,5,10H2,1-4H3,(H,19,22). The van der Waals surface area contributed by atoms with Crippen molar-refractivity contribution in [1.82, 2.24) is 5.32 Å². The predicted molar refractivity (Wildman–Crippen MR) is 90.2 cm³/mol. The zero-order valence-electron chi connectivity index (χ0n) is 14.2. The van der Waals surface area contributed by atoms with Gasteiger partial charge in [0, 0.05) is 10.6 Å². The Morgan fingerprint density at radius 3 is 2.25 bits per heavy atom. The summed E-state index contributed by atoms with van der Waals surface area (Å²) in [6.07, 6.45) is -0.275. The van der Waals surface area contributed by atoms with Crippen LogP contribution in [0.3, 0.4) is 0 Å². The van der Waals surface area contributed by atoms with Crippen LogP contribution in [-0.2, 0) is 14.3 Å². The van der Waals surface area contributed by atoms with Gasteiger partial charge in [0.2, 0.25) is 0 Å². The lowest BCUT2D eigenvalue weighted by Gasteiger charge is -2.22. The minimum Gasteiger partial charge on any atom is -0.464 e. The number of carbonyl (C=O) groups is 3. The van der Waals surface area contributed by atoms with Crippen molar-refractivity contribution in [3.05, 3.63) is 34.9 Å². The van der Waals surface area contributed by atoms with Crippen molar-refractivity contribution in [1.29, 1.82) is 0 Å². The molecule has 1 aromatic carbocycles. The lowest BCUT2D eigenvalue weighted by Crippen LogP contribution is -2.49. The molecule has 132 valence electrons. The van der Waals surface area contributed by atoms with Crippen molar-refractivity contribution in [2.75, 3.05) is 6.61 Å². The van der Waals surface area contributed by atoms with E-state index in [0.29, 0.717) is 11.4 Å². The molecule has 0 bridgehead atoms. The fourth-order valence-electron chi connectivity index (χ4n) is 1.72. The van der Waals surface area contributed by atoms with E-state index in [9.17, 15) is 14.4 Å². The molecular weight excluding hydrogens is 334 g/mol. The predicted octanol–water partition coefficient (Wildman–Crippen LogP) is 3.37. The number of alkyl carbamates (subject to hydrolysis) is 1. The van der Waals surface area contributed by atoms with Gasteiger partial charge in [-0.3, -0.25) is 4.79 Å². The van der Waals surface area contributed by atoms with E-state index in [0.717, 1.165) is 0 Å². The fraction of sp³-hybridized carbons (Fsp3) is 0.471. The molecule has 0 aromatic heterocycles. The molecule has 24 heavy (non-hydrogen) atoms. The van der Waals surface area contributed by atoms with Crippen LogP contribution < -0.4 is 5.32 Å². The number of amides is 1. The van der Waals surface area contributed by atoms with Gasteiger partial charge in [-0.2, -0.15) is 0 Å². The number of hydrogen-bond acceptors (Lipinski definition) is 5. The van der Waals surface area contributed by atoms with Crippen molar-refractivity contribution in [3.63, 3.8) is 0 Å². The molecule has 1 unspecified atom stereocenters. The van der Waals surface area contributed by atoms with Crippen LogP contribution in [0.15, 0.2) is 24.3 Å². The van der Waals surface area contributed by atoms with Crippen LogP contribution in [0.25, 0.3) is 0 Å². The summed E-state index contributed by atoms with van der Waals surface area (Å²) in [4.78, 5) is 36.6. The Balaban J connectivity index is 2.95. The molecule has 0 aliphatic heterocycles. The number of rotatable bonds is 6. The maximum atomic E-state index is 12.5. The Morgan fingerprint density at radius 2 is 1.75 bits per heavy atom. The molecule has 1 atom stereocenters. The molecule has 0 aliphatic carbocycles. The first-order valence-corrected chi connectivity index (χ1v) is 7.97. The summed E-state index contributed by atoms with van der Waals surface area (Å²) in [5.41, 5.74) is -0.528. The summed E-state index contributed by atoms with van der Waals surface area (Å²) in [6, 6.07) is 4.52. The van der Waals surface area contributed by atoms with E-state index in [1.54, 1.807) is 20.8 Å². The number of nitrogens with one attached hydrogen (secondary N) is 1. The van der Waals surface area contributed by atoms with Gasteiger partial charge in [-0.1, -0.05) is 18.5 Å². The van der Waals surface area contributed by atoms with Crippen LogP contribution in [0.5, 0.6) is 0 Å². The van der Waals surface area contributed by atoms with Crippen LogP contribution in [0, 0.1) is 0 Å². The first-order chi connectivity index (χ1) is 11.1. The normalized spacial score (nSPS) is 12.2. The summed E-state index contributed by atoms with van der Waals surface area (Å²) in [5.74, 6) is -1.43. The second-order valence-electron chi connectivity index (χ2n) is 6.12. The Bertz CT molecular complexity index is 592. The Morgan fingerprint density at radius 1 is 1.17 bits per heavy atom. The molecule has 0 saturated carbocycles. The van der Waals surface area contributed by atoms with Gasteiger partial charge in [0.1, 0.15) is 5.60 Å². The topological polar surface area (TPSA) is 81.7 Å². The number of Topliss-reactive ketones (excluding diaryl/α,β-unsaturated/α-hetero) is 1. The molecule has 1 N–H and O–H groups in total. The summed E-state index contributed by atoms with van der Waals surface area (Å²) < 4.78 is 10.1. The lowest BCUT2D eigenvalue weighted by molar-refractivity contribution is -0.144. The smallest absolute Gasteiger partial charge is 0.408 e. The van der Waals surface area contributed by atoms with Crippen molar-refractivity contribution in [2.24, 2.45) is 0 Å². The second-order valence-corrected chi connectivity index (χ2v) is 6.55. The van der Waals surface area contributed by atoms with Crippen LogP contribution >= 0.6 is 11.6 Å². The number of ketones is 1. The fourth-order valence-corrected chi connectivity index (χ4v) is 1.85. The summed E-state index contributed by atoms with van der Waals surface area (Å²) >= 11 is 5.79. The monoisotopic (exact) mass is 355 g/mol. The van der Waals surface area contributed by atoms with E-state index < -0.39 is 29.5 Å². The van der Waals surface area contributed by atoms with Crippen LogP contribution in [0.1, 0.15) is 44.5 Å². The maximum Gasteiger partial charge on any atom is 0.408 e. The average molecular weight is 356 g/mol. The van der Waals surface area contributed by atoms with Gasteiger partial charge in [0.25, 0.3) is 0 Å². The summed E-state index contributed by atoms with van der Waals surface area (Å²) in [6.45, 7) is 7.01. The molecular formula is C17H22ClNO5. The third kappa shape index (κ3) is 6.58. The molecule has 7 heteroatoms. The first-order valence-electron chi connectivity index (χ1n) is 7.60. The van der Waals surface area contributed by atoms with Crippen molar-refractivity contribution in [3.8, 4) is 0 Å². The largest absolute Gasteiger partial charge is 0.464 e. The van der Waals surface area contributed by atoms with Gasteiger partial charge in [-0.25, -0.2) is 9.59 Å². The third-order valence-electron chi connectivity index (χ3n) is 2.74. The highest BCUT2D eigenvalue weighted by Crippen LogP contribution is 2.13. The highest BCUT2D eigenvalue weighted by Gasteiger charge is 2.32. The lowest BCUT2D eigenvalue weighted by atomic mass is 10.0. The second kappa shape index (κ2) is 8.68. The molecule has 1 rings (SSSR count). The SMILES string of the molecule is CCCOC(=O)C(NC(=O)OC(C)(C)C)C(=O)c1ccc(Cl)cc1. The average Bonchev–Trinajstić information content (AvgIpc) is 2.48. The van der Waals surface area contributed by atoms with Gasteiger partial charge in [0.05, 0.1) is 6.61 Å². The van der Waals surface area contributed by atoms with Crippen molar-refractivity contribution >= 4 is 29.4 Å². The highest BCUT2D eigenvalue weighted by molar-refractivity contribution is 6.30. The van der Waals surface area contributed by atoms with E-state index in [-0.39, 0.29) is 12.2 Å². The van der Waals surface area contributed by atoms with Crippen LogP contribution in [-0.4, -0.2) is 36.1 Å².